The summed E-state index contributed by atoms with van der Waals surface area (Å²) >= 11 is 1.15. The van der Waals surface area contributed by atoms with Crippen molar-refractivity contribution in [1.29, 1.82) is 0 Å². The minimum absolute atomic E-state index is 0.0476. The molecule has 44 heavy (non-hydrogen) atoms. The molecule has 0 bridgehead atoms. The van der Waals surface area contributed by atoms with Gasteiger partial charge in [0.2, 0.25) is 0 Å². The van der Waals surface area contributed by atoms with Gasteiger partial charge in [0.25, 0.3) is 5.91 Å². The molecule has 0 saturated carbocycles. The number of amides is 1. The maximum Gasteiger partial charge on any atom is 0.393 e. The van der Waals surface area contributed by atoms with Crippen molar-refractivity contribution in [2.24, 2.45) is 0 Å². The maximum absolute atomic E-state index is 14.8. The number of likely N-dealkylation sites (tertiary alicyclic amines) is 1. The van der Waals surface area contributed by atoms with Gasteiger partial charge < -0.3 is 30.2 Å². The number of rotatable bonds is 8. The molecular formula is C31H35F4N4O3PS. The predicted molar refractivity (Wildman–Crippen MR) is 169 cm³/mol. The third-order valence-corrected chi connectivity index (χ3v) is 10.4. The first-order valence-corrected chi connectivity index (χ1v) is 17.7. The van der Waals surface area contributed by atoms with Gasteiger partial charge in [-0.3, -0.25) is 4.79 Å². The van der Waals surface area contributed by atoms with Crippen molar-refractivity contribution in [3.05, 3.63) is 52.4 Å². The normalized spacial score (nSPS) is 19.6. The van der Waals surface area contributed by atoms with Crippen LogP contribution >= 0.6 is 18.5 Å². The Balaban J connectivity index is 1.40. The molecule has 2 atom stereocenters. The first kappa shape index (κ1) is 32.3. The quantitative estimate of drug-likeness (QED) is 0.175. The Labute approximate surface area is 258 Å². The number of thiophene rings is 1. The number of benzene rings is 2. The molecule has 236 valence electrons. The monoisotopic (exact) mass is 650 g/mol. The van der Waals surface area contributed by atoms with Crippen molar-refractivity contribution in [1.82, 2.24) is 10.2 Å². The Hall–Kier alpha value is -3.10. The molecule has 2 aromatic carbocycles. The van der Waals surface area contributed by atoms with Crippen molar-refractivity contribution in [3.8, 4) is 11.8 Å². The lowest BCUT2D eigenvalue weighted by atomic mass is 10.0. The molecule has 0 spiro atoms. The lowest BCUT2D eigenvalue weighted by molar-refractivity contribution is -0.126. The number of anilines is 2. The fourth-order valence-electron chi connectivity index (χ4n) is 5.24. The van der Waals surface area contributed by atoms with Gasteiger partial charge in [0.15, 0.2) is 0 Å². The zero-order chi connectivity index (χ0) is 31.6. The Kier molecular flexibility index (Phi) is 9.61. The molecule has 2 aliphatic rings. The summed E-state index contributed by atoms with van der Waals surface area (Å²) in [7, 11) is -0.785. The van der Waals surface area contributed by atoms with Crippen molar-refractivity contribution in [2.45, 2.75) is 37.3 Å². The van der Waals surface area contributed by atoms with E-state index in [-0.39, 0.29) is 28.9 Å². The van der Waals surface area contributed by atoms with Gasteiger partial charge in [-0.1, -0.05) is 24.0 Å². The van der Waals surface area contributed by atoms with E-state index in [9.17, 15) is 26.9 Å². The highest BCUT2D eigenvalue weighted by Gasteiger charge is 2.32. The fraction of sp³-hybridized carbons (Fsp3) is 0.452. The number of nitrogens with zero attached hydrogens (tertiary/aromatic N) is 1. The van der Waals surface area contributed by atoms with Crippen LogP contribution in [0, 0.1) is 11.8 Å². The van der Waals surface area contributed by atoms with Crippen LogP contribution in [0.1, 0.15) is 27.2 Å². The van der Waals surface area contributed by atoms with Gasteiger partial charge in [0, 0.05) is 24.1 Å². The van der Waals surface area contributed by atoms with E-state index >= 15 is 0 Å². The summed E-state index contributed by atoms with van der Waals surface area (Å²) in [6.07, 6.45) is -6.11. The number of alkyl halides is 4. The van der Waals surface area contributed by atoms with E-state index in [2.05, 4.69) is 27.8 Å². The number of hydrogen-bond donors (Lipinski definition) is 3. The average Bonchev–Trinajstić information content (AvgIpc) is 3.26. The van der Waals surface area contributed by atoms with E-state index in [1.54, 1.807) is 49.7 Å². The number of carbonyl (C=O) groups is 1. The molecule has 2 fully saturated rings. The van der Waals surface area contributed by atoms with Crippen LogP contribution in [-0.2, 0) is 15.7 Å². The SMILES string of the molecule is CN1CC[C@@H](Nc2cccc3c(CC(F)(F)F)c(C#CCNc4ccc(P(C)(C)=O)cc4C(=O)NC4COC4)sc23)[C@@H](F)C1. The molecule has 1 aromatic heterocycles. The number of halogens is 4. The van der Waals surface area contributed by atoms with Crippen LogP contribution in [0.25, 0.3) is 10.1 Å². The zero-order valence-electron chi connectivity index (χ0n) is 24.7. The molecule has 0 unspecified atom stereocenters. The topological polar surface area (TPSA) is 82.7 Å². The van der Waals surface area contributed by atoms with E-state index in [0.717, 1.165) is 17.9 Å². The van der Waals surface area contributed by atoms with Crippen LogP contribution in [0.3, 0.4) is 0 Å². The molecule has 3 heterocycles. The van der Waals surface area contributed by atoms with Gasteiger partial charge in [-0.25, -0.2) is 4.39 Å². The average molecular weight is 651 g/mol. The van der Waals surface area contributed by atoms with E-state index < -0.39 is 32.0 Å². The van der Waals surface area contributed by atoms with Crippen molar-refractivity contribution in [3.63, 3.8) is 0 Å². The number of hydrogen-bond acceptors (Lipinski definition) is 7. The van der Waals surface area contributed by atoms with E-state index in [1.165, 1.54) is 0 Å². The number of piperidine rings is 1. The number of carbonyl (C=O) groups excluding carboxylic acids is 1. The summed E-state index contributed by atoms with van der Waals surface area (Å²) in [5, 5.41) is 10.2. The molecule has 2 saturated heterocycles. The van der Waals surface area contributed by atoms with Crippen LogP contribution in [0.2, 0.25) is 0 Å². The first-order chi connectivity index (χ1) is 20.8. The van der Waals surface area contributed by atoms with Crippen LogP contribution in [0.4, 0.5) is 28.9 Å². The lowest BCUT2D eigenvalue weighted by Gasteiger charge is -2.33. The fourth-order valence-corrected chi connectivity index (χ4v) is 7.28. The molecule has 7 nitrogen and oxygen atoms in total. The van der Waals surface area contributed by atoms with Gasteiger partial charge in [0.1, 0.15) is 13.3 Å². The second kappa shape index (κ2) is 13.1. The first-order valence-electron chi connectivity index (χ1n) is 14.3. The molecule has 0 radical (unpaired) electrons. The standard InChI is InChI=1S/C31H35F4N4O3PS/c1-39-13-11-26(24(32)16-39)38-27-7-4-6-21-23(15-31(33,34)35)28(44-29(21)27)8-5-12-36-25-10-9-20(43(2,3)41)14-22(25)30(40)37-19-17-42-18-19/h4,6-7,9-10,14,19,24,26,36,38H,11-13,15-18H2,1-3H3,(H,37,40)/t24-,26+/m0/s1. The zero-order valence-corrected chi connectivity index (χ0v) is 26.4. The van der Waals surface area contributed by atoms with E-state index in [4.69, 9.17) is 4.74 Å². The highest BCUT2D eigenvalue weighted by Crippen LogP contribution is 2.40. The molecule has 0 aliphatic carbocycles. The molecule has 1 amide bonds. The Morgan fingerprint density at radius 3 is 2.61 bits per heavy atom. The van der Waals surface area contributed by atoms with Crippen molar-refractivity contribution >= 4 is 51.2 Å². The summed E-state index contributed by atoms with van der Waals surface area (Å²) in [5.41, 5.74) is 1.45. The van der Waals surface area contributed by atoms with Gasteiger partial charge >= 0.3 is 6.18 Å². The minimum Gasteiger partial charge on any atom is -0.378 e. The summed E-state index contributed by atoms with van der Waals surface area (Å²) in [5.74, 6) is 5.48. The van der Waals surface area contributed by atoms with Gasteiger partial charge in [0.05, 0.1) is 59.1 Å². The van der Waals surface area contributed by atoms with Crippen LogP contribution < -0.4 is 21.3 Å². The van der Waals surface area contributed by atoms with Gasteiger partial charge in [-0.05, 0) is 62.0 Å². The predicted octanol–water partition coefficient (Wildman–Crippen LogP) is 5.30. The molecular weight excluding hydrogens is 615 g/mol. The summed E-state index contributed by atoms with van der Waals surface area (Å²) < 4.78 is 74.2. The van der Waals surface area contributed by atoms with Crippen molar-refractivity contribution in [2.75, 3.05) is 63.9 Å². The Bertz CT molecular complexity index is 1640. The molecule has 3 N–H and O–H groups in total. The number of fused-ring (bicyclic) bond motifs is 1. The summed E-state index contributed by atoms with van der Waals surface area (Å²) in [6.45, 7) is 5.13. The van der Waals surface area contributed by atoms with E-state index in [1.807, 2.05) is 11.9 Å². The van der Waals surface area contributed by atoms with Crippen molar-refractivity contribution < 1.29 is 31.7 Å². The van der Waals surface area contributed by atoms with Crippen LogP contribution in [0.15, 0.2) is 36.4 Å². The third-order valence-electron chi connectivity index (χ3n) is 7.69. The summed E-state index contributed by atoms with van der Waals surface area (Å²) in [4.78, 5) is 15.2. The van der Waals surface area contributed by atoms with Gasteiger partial charge in [-0.15, -0.1) is 11.3 Å². The second-order valence-electron chi connectivity index (χ2n) is 11.6. The Morgan fingerprint density at radius 1 is 1.18 bits per heavy atom. The highest BCUT2D eigenvalue weighted by molar-refractivity contribution is 7.70. The molecule has 2 aliphatic heterocycles. The minimum atomic E-state index is -4.45. The molecule has 5 rings (SSSR count). The summed E-state index contributed by atoms with van der Waals surface area (Å²) in [6, 6.07) is 9.48. The van der Waals surface area contributed by atoms with Crippen LogP contribution in [-0.4, -0.2) is 88.5 Å². The highest BCUT2D eigenvalue weighted by atomic mass is 32.1. The number of ether oxygens (including phenoxy) is 1. The van der Waals surface area contributed by atoms with Crippen LogP contribution in [0.5, 0.6) is 0 Å². The maximum atomic E-state index is 14.8. The lowest BCUT2D eigenvalue weighted by Crippen LogP contribution is -2.48. The third kappa shape index (κ3) is 7.75. The number of nitrogens with one attached hydrogen (secondary N) is 3. The largest absolute Gasteiger partial charge is 0.393 e. The smallest absolute Gasteiger partial charge is 0.378 e. The second-order valence-corrected chi connectivity index (χ2v) is 15.9. The van der Waals surface area contributed by atoms with E-state index in [0.29, 0.717) is 58.5 Å². The molecule has 13 heteroatoms. The molecule has 3 aromatic rings. The Morgan fingerprint density at radius 2 is 1.95 bits per heavy atom. The van der Waals surface area contributed by atoms with Gasteiger partial charge in [-0.2, -0.15) is 13.2 Å².